The molecule has 81 heavy (non-hydrogen) atoms. The first-order valence-corrected chi connectivity index (χ1v) is 27.4. The van der Waals surface area contributed by atoms with E-state index in [1.807, 2.05) is 163 Å². The van der Waals surface area contributed by atoms with E-state index in [4.69, 9.17) is 19.9 Å². The first-order chi connectivity index (χ1) is 39.1. The smallest absolute Gasteiger partial charge is 0.255 e. The van der Waals surface area contributed by atoms with Gasteiger partial charge in [0.05, 0.1) is 29.0 Å². The predicted molar refractivity (Wildman–Crippen MR) is 321 cm³/mol. The van der Waals surface area contributed by atoms with Crippen molar-refractivity contribution < 1.29 is 14.0 Å². The lowest BCUT2D eigenvalue weighted by Gasteiger charge is -2.38. The van der Waals surface area contributed by atoms with Crippen LogP contribution >= 0.6 is 15.9 Å². The zero-order valence-corrected chi connectivity index (χ0v) is 47.2. The lowest BCUT2D eigenvalue weighted by molar-refractivity contribution is 0.0911. The van der Waals surface area contributed by atoms with E-state index in [0.717, 1.165) is 33.4 Å². The second-order valence-corrected chi connectivity index (χ2v) is 22.7. The van der Waals surface area contributed by atoms with Crippen LogP contribution in [0.5, 0.6) is 0 Å². The van der Waals surface area contributed by atoms with Crippen LogP contribution < -0.4 is 10.6 Å². The molecule has 5 aromatic heterocycles. The SMILES string of the molecule is CC(C)(C)NC(=O)c1cn(C(c2ccccc2)(c2ccccc2)c2ccccc2)c2ncc(-c3n[nH]c4cc(F)ccc34)nc12.CC(C)(C)NC(=O)c1cn(C(c2ccccc2)(c2ccccc2)c2ccccc2)c2ncc(Br)nc12. The maximum atomic E-state index is 14.0. The minimum Gasteiger partial charge on any atom is -0.347 e. The van der Waals surface area contributed by atoms with Crippen molar-refractivity contribution >= 4 is 61.0 Å². The Hall–Kier alpha value is -9.40. The maximum Gasteiger partial charge on any atom is 0.255 e. The molecule has 2 amide bonds. The Balaban J connectivity index is 0.000000175. The summed E-state index contributed by atoms with van der Waals surface area (Å²) in [4.78, 5) is 47.1. The number of rotatable bonds is 11. The normalized spacial score (nSPS) is 12.0. The van der Waals surface area contributed by atoms with Crippen LogP contribution in [0.3, 0.4) is 0 Å². The third-order valence-electron chi connectivity index (χ3n) is 14.1. The van der Waals surface area contributed by atoms with Gasteiger partial charge in [0.15, 0.2) is 11.3 Å². The molecule has 0 aliphatic heterocycles. The molecule has 0 saturated carbocycles. The average Bonchev–Trinajstić information content (AvgIpc) is 3.82. The van der Waals surface area contributed by atoms with Crippen LogP contribution in [0.2, 0.25) is 0 Å². The minimum atomic E-state index is -0.908. The number of hydrogen-bond acceptors (Lipinski definition) is 7. The number of H-pyrrole nitrogens is 1. The van der Waals surface area contributed by atoms with Crippen molar-refractivity contribution in [3.05, 3.63) is 280 Å². The van der Waals surface area contributed by atoms with Crippen molar-refractivity contribution in [2.75, 3.05) is 0 Å². The van der Waals surface area contributed by atoms with Crippen molar-refractivity contribution in [1.29, 1.82) is 0 Å². The molecule has 5 heterocycles. The molecule has 12 rings (SSSR count). The van der Waals surface area contributed by atoms with Gasteiger partial charge in [-0.3, -0.25) is 14.7 Å². The van der Waals surface area contributed by atoms with Crippen LogP contribution in [-0.2, 0) is 11.1 Å². The Morgan fingerprint density at radius 3 is 1.22 bits per heavy atom. The molecule has 3 N–H and O–H groups in total. The molecule has 12 aromatic rings. The number of halogens is 2. The molecule has 0 aliphatic carbocycles. The van der Waals surface area contributed by atoms with Gasteiger partial charge in [0.1, 0.15) is 43.9 Å². The van der Waals surface area contributed by atoms with Crippen LogP contribution in [0.15, 0.2) is 230 Å². The van der Waals surface area contributed by atoms with E-state index in [0.29, 0.717) is 60.3 Å². The van der Waals surface area contributed by atoms with Crippen LogP contribution in [0.4, 0.5) is 4.39 Å². The third kappa shape index (κ3) is 10.2. The molecule has 0 radical (unpaired) electrons. The number of aromatic nitrogens is 8. The fourth-order valence-corrected chi connectivity index (χ4v) is 11.1. The monoisotopic (exact) mass is 1130 g/mol. The first-order valence-electron chi connectivity index (χ1n) is 26.6. The quantitative estimate of drug-likeness (QED) is 0.109. The summed E-state index contributed by atoms with van der Waals surface area (Å²) in [5.74, 6) is -0.826. The molecule has 7 aromatic carbocycles. The molecular formula is C67H58BrFN10O2. The number of nitrogens with one attached hydrogen (secondary N) is 3. The summed E-state index contributed by atoms with van der Waals surface area (Å²) in [6, 6.07) is 66.1. The third-order valence-corrected chi connectivity index (χ3v) is 14.4. The molecule has 0 atom stereocenters. The van der Waals surface area contributed by atoms with E-state index in [-0.39, 0.29) is 17.6 Å². The summed E-state index contributed by atoms with van der Waals surface area (Å²) in [7, 11) is 0. The van der Waals surface area contributed by atoms with Crippen LogP contribution in [0.1, 0.15) is 95.6 Å². The van der Waals surface area contributed by atoms with Gasteiger partial charge in [-0.05, 0) is 109 Å². The number of hydrogen-bond donors (Lipinski definition) is 3. The lowest BCUT2D eigenvalue weighted by Crippen LogP contribution is -2.40. The second-order valence-electron chi connectivity index (χ2n) is 21.9. The van der Waals surface area contributed by atoms with E-state index in [9.17, 15) is 14.0 Å². The molecule has 14 heteroatoms. The van der Waals surface area contributed by atoms with Gasteiger partial charge in [0.25, 0.3) is 11.8 Å². The summed E-state index contributed by atoms with van der Waals surface area (Å²) in [6.45, 7) is 11.7. The molecule has 0 fully saturated rings. The van der Waals surface area contributed by atoms with Gasteiger partial charge in [-0.1, -0.05) is 182 Å². The fourth-order valence-electron chi connectivity index (χ4n) is 10.8. The number of carbonyl (C=O) groups is 2. The number of aromatic amines is 1. The van der Waals surface area contributed by atoms with Crippen molar-refractivity contribution in [3.8, 4) is 11.4 Å². The number of fused-ring (bicyclic) bond motifs is 3. The minimum absolute atomic E-state index is 0.193. The molecule has 0 bridgehead atoms. The largest absolute Gasteiger partial charge is 0.347 e. The predicted octanol–water partition coefficient (Wildman–Crippen LogP) is 14.0. The van der Waals surface area contributed by atoms with E-state index in [2.05, 4.69) is 119 Å². The zero-order chi connectivity index (χ0) is 56.5. The molecule has 402 valence electrons. The number of amides is 2. The van der Waals surface area contributed by atoms with Crippen molar-refractivity contribution in [2.24, 2.45) is 0 Å². The molecular weight excluding hydrogens is 1080 g/mol. The summed E-state index contributed by atoms with van der Waals surface area (Å²) in [5, 5.41) is 14.3. The van der Waals surface area contributed by atoms with Gasteiger partial charge in [-0.15, -0.1) is 0 Å². The van der Waals surface area contributed by atoms with Crippen molar-refractivity contribution in [3.63, 3.8) is 0 Å². The standard InChI is InChI=1S/C37H31FN6O.C30H27BrN4O/c1-36(2,3)41-35(45)29-23-44(34-33(29)40-31(22-39-34)32-28-20-19-27(38)21-30(28)42-43-32)37(24-13-7-4-8-14-24,25-15-9-5-10-16-25)26-17-11-6-12-18-26;1-29(2,3)34-28(36)24-20-35(27-26(24)33-25(31)19-32-27)30(21-13-7-4-8-14-21,22-15-9-5-10-16-22)23-17-11-6-12-18-23/h4-23H,1-3H3,(H,41,45)(H,42,43);4-20H,1-3H3,(H,34,36). The van der Waals surface area contributed by atoms with Crippen molar-refractivity contribution in [2.45, 2.75) is 63.7 Å². The Bertz CT molecular complexity index is 4000. The Morgan fingerprint density at radius 1 is 0.494 bits per heavy atom. The van der Waals surface area contributed by atoms with Gasteiger partial charge in [-0.2, -0.15) is 5.10 Å². The van der Waals surface area contributed by atoms with Gasteiger partial charge in [-0.25, -0.2) is 24.3 Å². The van der Waals surface area contributed by atoms with Crippen molar-refractivity contribution in [1.82, 2.24) is 49.9 Å². The lowest BCUT2D eigenvalue weighted by atomic mass is 9.76. The topological polar surface area (TPSA) is 148 Å². The summed E-state index contributed by atoms with van der Waals surface area (Å²) in [6.07, 6.45) is 7.09. The second kappa shape index (κ2) is 21.7. The average molecular weight is 1130 g/mol. The molecule has 12 nitrogen and oxygen atoms in total. The Kier molecular flexibility index (Phi) is 14.3. The first kappa shape index (κ1) is 53.6. The Labute approximate surface area is 477 Å². The molecule has 0 unspecified atom stereocenters. The van der Waals surface area contributed by atoms with E-state index in [1.54, 1.807) is 18.5 Å². The van der Waals surface area contributed by atoms with Gasteiger partial charge in [0, 0.05) is 28.9 Å². The number of carbonyl (C=O) groups excluding carboxylic acids is 2. The summed E-state index contributed by atoms with van der Waals surface area (Å²) < 4.78 is 18.7. The summed E-state index contributed by atoms with van der Waals surface area (Å²) >= 11 is 3.46. The van der Waals surface area contributed by atoms with Gasteiger partial charge >= 0.3 is 0 Å². The number of nitrogens with zero attached hydrogens (tertiary/aromatic N) is 7. The fraction of sp³-hybridized carbons (Fsp3) is 0.149. The highest BCUT2D eigenvalue weighted by Crippen LogP contribution is 2.45. The summed E-state index contributed by atoms with van der Waals surface area (Å²) in [5.41, 5.74) is 8.03. The highest BCUT2D eigenvalue weighted by atomic mass is 79.9. The van der Waals surface area contributed by atoms with E-state index >= 15 is 0 Å². The molecule has 0 spiro atoms. The van der Waals surface area contributed by atoms with E-state index < -0.39 is 22.2 Å². The molecule has 0 aliphatic rings. The Morgan fingerprint density at radius 2 is 0.852 bits per heavy atom. The molecule has 0 saturated heterocycles. The van der Waals surface area contributed by atoms with E-state index in [1.165, 1.54) is 12.1 Å². The van der Waals surface area contributed by atoms with Crippen LogP contribution in [0, 0.1) is 5.82 Å². The number of benzene rings is 7. The van der Waals surface area contributed by atoms with Gasteiger partial charge < -0.3 is 19.8 Å². The highest BCUT2D eigenvalue weighted by Gasteiger charge is 2.43. The van der Waals surface area contributed by atoms with Gasteiger partial charge in [0.2, 0.25) is 0 Å². The zero-order valence-electron chi connectivity index (χ0n) is 45.6. The van der Waals surface area contributed by atoms with Crippen LogP contribution in [-0.4, -0.2) is 62.2 Å². The maximum absolute atomic E-state index is 14.0. The highest BCUT2D eigenvalue weighted by molar-refractivity contribution is 9.10. The van der Waals surface area contributed by atoms with Crippen LogP contribution in [0.25, 0.3) is 44.6 Å².